The number of rotatable bonds is 8. The van der Waals surface area contributed by atoms with E-state index in [9.17, 15) is 4.79 Å². The van der Waals surface area contributed by atoms with Crippen molar-refractivity contribution in [3.63, 3.8) is 0 Å². The molecule has 1 heterocycles. The van der Waals surface area contributed by atoms with Crippen LogP contribution in [-0.4, -0.2) is 11.1 Å². The minimum atomic E-state index is -0.922. The number of carboxylic acids is 1. The highest BCUT2D eigenvalue weighted by molar-refractivity contribution is 5.87. The first-order valence-electron chi connectivity index (χ1n) is 6.83. The van der Waals surface area contributed by atoms with Crippen molar-refractivity contribution in [1.82, 2.24) is 0 Å². The summed E-state index contributed by atoms with van der Waals surface area (Å²) in [7, 11) is 0. The molecule has 0 amide bonds. The summed E-state index contributed by atoms with van der Waals surface area (Å²) in [5.41, 5.74) is 0.247. The maximum absolute atomic E-state index is 10.7. The van der Waals surface area contributed by atoms with Gasteiger partial charge in [0.25, 0.3) is 0 Å². The smallest absolute Gasteiger partial charge is 0.338 e. The summed E-state index contributed by atoms with van der Waals surface area (Å²) in [6, 6.07) is 1.63. The number of furan rings is 1. The fraction of sp³-hybridized carbons (Fsp3) is 0.667. The first-order valence-corrected chi connectivity index (χ1v) is 6.83. The minimum Gasteiger partial charge on any atom is -0.478 e. The number of carbonyl (C=O) groups is 1. The standard InChI is InChI=1S/C15H24O3/c1-4-11(2)6-5-7-12(3)8-14-9-13(10-18-14)15(16)17/h9-12H,4-8H2,1-3H3,(H,16,17). The largest absolute Gasteiger partial charge is 0.478 e. The lowest BCUT2D eigenvalue weighted by Gasteiger charge is -2.11. The lowest BCUT2D eigenvalue weighted by atomic mass is 9.95. The number of aromatic carboxylic acids is 1. The molecular weight excluding hydrogens is 228 g/mol. The Kier molecular flexibility index (Phi) is 5.96. The zero-order chi connectivity index (χ0) is 13.5. The highest BCUT2D eigenvalue weighted by Crippen LogP contribution is 2.19. The van der Waals surface area contributed by atoms with Gasteiger partial charge in [-0.15, -0.1) is 0 Å². The van der Waals surface area contributed by atoms with E-state index in [0.717, 1.165) is 18.1 Å². The molecule has 102 valence electrons. The summed E-state index contributed by atoms with van der Waals surface area (Å²) in [5.74, 6) is 1.21. The van der Waals surface area contributed by atoms with Gasteiger partial charge >= 0.3 is 5.97 Å². The van der Waals surface area contributed by atoms with Crippen molar-refractivity contribution in [2.75, 3.05) is 0 Å². The zero-order valence-electron chi connectivity index (χ0n) is 11.6. The molecule has 1 N–H and O–H groups in total. The zero-order valence-corrected chi connectivity index (χ0v) is 11.6. The molecule has 1 aromatic heterocycles. The Balaban J connectivity index is 2.30. The first-order chi connectivity index (χ1) is 8.52. The summed E-state index contributed by atoms with van der Waals surface area (Å²) in [6.07, 6.45) is 7.08. The van der Waals surface area contributed by atoms with E-state index < -0.39 is 5.97 Å². The lowest BCUT2D eigenvalue weighted by molar-refractivity contribution is 0.0696. The predicted octanol–water partition coefficient (Wildman–Crippen LogP) is 4.37. The van der Waals surface area contributed by atoms with E-state index in [1.807, 2.05) is 0 Å². The molecule has 1 rings (SSSR count). The van der Waals surface area contributed by atoms with Crippen LogP contribution in [0, 0.1) is 11.8 Å². The normalized spacial score (nSPS) is 14.4. The molecule has 0 spiro atoms. The molecule has 0 aliphatic rings. The van der Waals surface area contributed by atoms with Gasteiger partial charge in [-0.1, -0.05) is 46.5 Å². The molecule has 0 saturated heterocycles. The van der Waals surface area contributed by atoms with Gasteiger partial charge in [-0.3, -0.25) is 0 Å². The summed E-state index contributed by atoms with van der Waals surface area (Å²) in [4.78, 5) is 10.7. The summed E-state index contributed by atoms with van der Waals surface area (Å²) < 4.78 is 5.26. The van der Waals surface area contributed by atoms with Gasteiger partial charge in [0.05, 0.1) is 5.56 Å². The number of hydrogen-bond donors (Lipinski definition) is 1. The van der Waals surface area contributed by atoms with Crippen LogP contribution in [0.5, 0.6) is 0 Å². The fourth-order valence-corrected chi connectivity index (χ4v) is 2.06. The maximum Gasteiger partial charge on any atom is 0.338 e. The van der Waals surface area contributed by atoms with Crippen molar-refractivity contribution in [2.24, 2.45) is 11.8 Å². The molecule has 0 fully saturated rings. The summed E-state index contributed by atoms with van der Waals surface area (Å²) in [5, 5.41) is 8.80. The van der Waals surface area contributed by atoms with Crippen molar-refractivity contribution in [3.05, 3.63) is 23.7 Å². The SMILES string of the molecule is CCC(C)CCCC(C)Cc1cc(C(=O)O)co1. The molecule has 1 aromatic rings. The minimum absolute atomic E-state index is 0.247. The Labute approximate surface area is 109 Å². The van der Waals surface area contributed by atoms with Gasteiger partial charge in [0, 0.05) is 6.42 Å². The Morgan fingerprint density at radius 1 is 1.33 bits per heavy atom. The van der Waals surface area contributed by atoms with Crippen LogP contribution in [0.4, 0.5) is 0 Å². The van der Waals surface area contributed by atoms with E-state index in [4.69, 9.17) is 9.52 Å². The van der Waals surface area contributed by atoms with Crippen LogP contribution in [-0.2, 0) is 6.42 Å². The monoisotopic (exact) mass is 252 g/mol. The van der Waals surface area contributed by atoms with E-state index >= 15 is 0 Å². The van der Waals surface area contributed by atoms with Crippen molar-refractivity contribution in [3.8, 4) is 0 Å². The molecular formula is C15H24O3. The van der Waals surface area contributed by atoms with Gasteiger partial charge in [0.1, 0.15) is 12.0 Å². The Morgan fingerprint density at radius 3 is 2.56 bits per heavy atom. The molecule has 0 aromatic carbocycles. The van der Waals surface area contributed by atoms with Crippen molar-refractivity contribution < 1.29 is 14.3 Å². The summed E-state index contributed by atoms with van der Waals surface area (Å²) >= 11 is 0. The lowest BCUT2D eigenvalue weighted by Crippen LogP contribution is -2.01. The topological polar surface area (TPSA) is 50.4 Å². The van der Waals surface area contributed by atoms with Crippen LogP contribution in [0.3, 0.4) is 0 Å². The van der Waals surface area contributed by atoms with Gasteiger partial charge in [0.15, 0.2) is 0 Å². The van der Waals surface area contributed by atoms with E-state index in [2.05, 4.69) is 20.8 Å². The van der Waals surface area contributed by atoms with Crippen molar-refractivity contribution in [1.29, 1.82) is 0 Å². The van der Waals surface area contributed by atoms with E-state index in [0.29, 0.717) is 5.92 Å². The van der Waals surface area contributed by atoms with E-state index in [1.54, 1.807) is 6.07 Å². The van der Waals surface area contributed by atoms with Gasteiger partial charge in [0.2, 0.25) is 0 Å². The molecule has 0 bridgehead atoms. The third-order valence-corrected chi connectivity index (χ3v) is 3.54. The molecule has 0 saturated carbocycles. The average molecular weight is 252 g/mol. The Hall–Kier alpha value is -1.25. The molecule has 0 aliphatic heterocycles. The molecule has 0 aliphatic carbocycles. The van der Waals surface area contributed by atoms with Crippen LogP contribution < -0.4 is 0 Å². The van der Waals surface area contributed by atoms with Gasteiger partial charge in [-0.2, -0.15) is 0 Å². The second kappa shape index (κ2) is 7.24. The van der Waals surface area contributed by atoms with Gasteiger partial charge < -0.3 is 9.52 Å². The third kappa shape index (κ3) is 4.94. The van der Waals surface area contributed by atoms with E-state index in [1.165, 1.54) is 31.9 Å². The number of hydrogen-bond acceptors (Lipinski definition) is 2. The second-order valence-corrected chi connectivity index (χ2v) is 5.36. The molecule has 2 unspecified atom stereocenters. The summed E-state index contributed by atoms with van der Waals surface area (Å²) in [6.45, 7) is 6.71. The second-order valence-electron chi connectivity index (χ2n) is 5.36. The third-order valence-electron chi connectivity index (χ3n) is 3.54. The first kappa shape index (κ1) is 14.8. The quantitative estimate of drug-likeness (QED) is 0.747. The molecule has 2 atom stereocenters. The molecule has 3 heteroatoms. The Morgan fingerprint density at radius 2 is 2.00 bits per heavy atom. The molecule has 3 nitrogen and oxygen atoms in total. The van der Waals surface area contributed by atoms with Crippen LogP contribution in [0.25, 0.3) is 0 Å². The Bertz CT molecular complexity index is 368. The van der Waals surface area contributed by atoms with Crippen molar-refractivity contribution >= 4 is 5.97 Å². The van der Waals surface area contributed by atoms with Crippen molar-refractivity contribution in [2.45, 2.75) is 52.9 Å². The predicted molar refractivity (Wildman–Crippen MR) is 71.8 cm³/mol. The van der Waals surface area contributed by atoms with E-state index in [-0.39, 0.29) is 5.56 Å². The fourth-order valence-electron chi connectivity index (χ4n) is 2.06. The highest BCUT2D eigenvalue weighted by atomic mass is 16.4. The van der Waals surface area contributed by atoms with Crippen LogP contribution >= 0.6 is 0 Å². The van der Waals surface area contributed by atoms with Crippen LogP contribution in [0.15, 0.2) is 16.7 Å². The maximum atomic E-state index is 10.7. The van der Waals surface area contributed by atoms with Crippen LogP contribution in [0.1, 0.15) is 62.6 Å². The average Bonchev–Trinajstić information content (AvgIpc) is 2.77. The number of carboxylic acid groups (broad SMARTS) is 1. The highest BCUT2D eigenvalue weighted by Gasteiger charge is 2.11. The van der Waals surface area contributed by atoms with Gasteiger partial charge in [-0.05, 0) is 17.9 Å². The molecule has 18 heavy (non-hydrogen) atoms. The van der Waals surface area contributed by atoms with Gasteiger partial charge in [-0.25, -0.2) is 4.79 Å². The van der Waals surface area contributed by atoms with Crippen LogP contribution in [0.2, 0.25) is 0 Å². The molecule has 0 radical (unpaired) electrons.